The number of aromatic amines is 1. The Balaban J connectivity index is 1.35. The molecule has 3 N–H and O–H groups in total. The first-order valence-electron chi connectivity index (χ1n) is 10.4. The third-order valence-corrected chi connectivity index (χ3v) is 7.99. The number of anilines is 1. The Labute approximate surface area is 200 Å². The molecular weight excluding hydrogens is 494 g/mol. The molecule has 12 nitrogen and oxygen atoms in total. The number of hydrogen-bond acceptors (Lipinski definition) is 10. The molecule has 4 aromatic heterocycles. The van der Waals surface area contributed by atoms with Crippen molar-refractivity contribution in [1.82, 2.24) is 24.7 Å². The molecule has 1 aliphatic rings. The maximum absolute atomic E-state index is 12.6. The van der Waals surface area contributed by atoms with Gasteiger partial charge in [0.15, 0.2) is 19.9 Å². The van der Waals surface area contributed by atoms with Crippen LogP contribution in [0.3, 0.4) is 0 Å². The number of nitrogens with zero attached hydrogens (tertiary/aromatic N) is 4. The standard InChI is InChI=1S/C21H19N7O5S2/c1-34(29,30)18-11-33-21(27-18)16-10-25-20-15(3-5-24-20)19(16)26-13-7-14(8-13)28-35(31,32)17-6-12(9-22)2-4-23-17/h2-6,10-11,13-14,28H,7-8H2,1H3,(H2,24,25,26). The first-order chi connectivity index (χ1) is 16.6. The normalized spacial score (nSPS) is 18.2. The van der Waals surface area contributed by atoms with E-state index >= 15 is 0 Å². The number of H-pyrrole nitrogens is 1. The number of sulfone groups is 1. The molecule has 5 rings (SSSR count). The number of nitriles is 1. The van der Waals surface area contributed by atoms with Gasteiger partial charge in [-0.25, -0.2) is 31.5 Å². The zero-order valence-corrected chi connectivity index (χ0v) is 19.9. The van der Waals surface area contributed by atoms with Gasteiger partial charge in [-0.05, 0) is 31.0 Å². The number of fused-ring (bicyclic) bond motifs is 1. The summed E-state index contributed by atoms with van der Waals surface area (Å²) in [5, 5.41) is 12.8. The van der Waals surface area contributed by atoms with Crippen molar-refractivity contribution in [2.45, 2.75) is 35.0 Å². The average Bonchev–Trinajstić information content (AvgIpc) is 3.47. The van der Waals surface area contributed by atoms with Crippen molar-refractivity contribution in [1.29, 1.82) is 5.26 Å². The lowest BCUT2D eigenvalue weighted by Crippen LogP contribution is -2.49. The lowest BCUT2D eigenvalue weighted by molar-refractivity contribution is 0.346. The second kappa shape index (κ2) is 8.45. The van der Waals surface area contributed by atoms with E-state index in [1.54, 1.807) is 6.20 Å². The van der Waals surface area contributed by atoms with Gasteiger partial charge in [0.2, 0.25) is 5.89 Å². The maximum Gasteiger partial charge on any atom is 0.258 e. The molecule has 0 unspecified atom stereocenters. The van der Waals surface area contributed by atoms with Gasteiger partial charge in [0.05, 0.1) is 22.9 Å². The predicted octanol–water partition coefficient (Wildman–Crippen LogP) is 1.81. The largest absolute Gasteiger partial charge is 0.443 e. The fourth-order valence-electron chi connectivity index (χ4n) is 3.82. The molecule has 1 saturated carbocycles. The Bertz CT molecular complexity index is 1680. The van der Waals surface area contributed by atoms with E-state index in [1.165, 1.54) is 24.5 Å². The van der Waals surface area contributed by atoms with Crippen molar-refractivity contribution in [2.24, 2.45) is 0 Å². The van der Waals surface area contributed by atoms with E-state index in [9.17, 15) is 16.8 Å². The molecule has 0 radical (unpaired) electrons. The molecule has 0 atom stereocenters. The highest BCUT2D eigenvalue weighted by Crippen LogP contribution is 2.36. The summed E-state index contributed by atoms with van der Waals surface area (Å²) in [6.07, 6.45) is 7.65. The van der Waals surface area contributed by atoms with Gasteiger partial charge < -0.3 is 14.7 Å². The van der Waals surface area contributed by atoms with Crippen molar-refractivity contribution < 1.29 is 21.3 Å². The van der Waals surface area contributed by atoms with Crippen molar-refractivity contribution in [3.8, 4) is 17.5 Å². The minimum atomic E-state index is -3.87. The number of sulfonamides is 1. The Kier molecular flexibility index (Phi) is 5.55. The van der Waals surface area contributed by atoms with Crippen LogP contribution < -0.4 is 10.0 Å². The summed E-state index contributed by atoms with van der Waals surface area (Å²) in [7, 11) is -7.42. The third kappa shape index (κ3) is 4.48. The van der Waals surface area contributed by atoms with Crippen molar-refractivity contribution in [2.75, 3.05) is 11.6 Å². The van der Waals surface area contributed by atoms with E-state index in [0.29, 0.717) is 29.7 Å². The summed E-state index contributed by atoms with van der Waals surface area (Å²) < 4.78 is 57.0. The minimum absolute atomic E-state index is 0.0790. The molecule has 14 heteroatoms. The summed E-state index contributed by atoms with van der Waals surface area (Å²) in [4.78, 5) is 15.3. The van der Waals surface area contributed by atoms with Crippen LogP contribution in [0, 0.1) is 11.3 Å². The Hall–Kier alpha value is -3.80. The van der Waals surface area contributed by atoms with Crippen LogP contribution in [0.5, 0.6) is 0 Å². The van der Waals surface area contributed by atoms with Crippen LogP contribution in [0.15, 0.2) is 57.5 Å². The highest BCUT2D eigenvalue weighted by atomic mass is 32.2. The van der Waals surface area contributed by atoms with E-state index in [-0.39, 0.29) is 33.6 Å². The van der Waals surface area contributed by atoms with Crippen LogP contribution in [-0.4, -0.2) is 55.1 Å². The smallest absolute Gasteiger partial charge is 0.258 e. The summed E-state index contributed by atoms with van der Waals surface area (Å²) in [5.41, 5.74) is 1.95. The van der Waals surface area contributed by atoms with E-state index in [0.717, 1.165) is 17.9 Å². The number of aromatic nitrogens is 4. The Morgan fingerprint density at radius 2 is 1.94 bits per heavy atom. The number of oxazole rings is 1. The fraction of sp³-hybridized carbons (Fsp3) is 0.238. The average molecular weight is 514 g/mol. The van der Waals surface area contributed by atoms with Crippen LogP contribution >= 0.6 is 0 Å². The summed E-state index contributed by atoms with van der Waals surface area (Å²) >= 11 is 0. The number of hydrogen-bond donors (Lipinski definition) is 3. The van der Waals surface area contributed by atoms with Crippen molar-refractivity contribution >= 4 is 36.6 Å². The lowest BCUT2D eigenvalue weighted by Gasteiger charge is -2.37. The molecule has 0 aliphatic heterocycles. The van der Waals surface area contributed by atoms with Gasteiger partial charge >= 0.3 is 0 Å². The topological polar surface area (TPSA) is 184 Å². The molecule has 180 valence electrons. The monoisotopic (exact) mass is 513 g/mol. The second-order valence-corrected chi connectivity index (χ2v) is 11.8. The van der Waals surface area contributed by atoms with E-state index in [4.69, 9.17) is 9.68 Å². The van der Waals surface area contributed by atoms with Crippen molar-refractivity contribution in [3.63, 3.8) is 0 Å². The van der Waals surface area contributed by atoms with Gasteiger partial charge in [0.25, 0.3) is 10.0 Å². The maximum atomic E-state index is 12.6. The number of nitrogens with one attached hydrogen (secondary N) is 3. The van der Waals surface area contributed by atoms with Gasteiger partial charge in [0.1, 0.15) is 11.9 Å². The zero-order chi connectivity index (χ0) is 24.8. The van der Waals surface area contributed by atoms with Gasteiger partial charge in [-0.1, -0.05) is 0 Å². The highest BCUT2D eigenvalue weighted by Gasteiger charge is 2.34. The van der Waals surface area contributed by atoms with Crippen LogP contribution in [0.2, 0.25) is 0 Å². The first-order valence-corrected chi connectivity index (χ1v) is 13.8. The van der Waals surface area contributed by atoms with Crippen molar-refractivity contribution in [3.05, 3.63) is 48.6 Å². The quantitative estimate of drug-likeness (QED) is 0.329. The molecule has 0 aromatic carbocycles. The SMILES string of the molecule is CS(=O)(=O)c1coc(-c2cnc3[nH]ccc3c2NC2CC(NS(=O)(=O)c3cc(C#N)ccn3)C2)n1. The molecule has 0 saturated heterocycles. The first kappa shape index (κ1) is 23.0. The molecule has 4 heterocycles. The van der Waals surface area contributed by atoms with Gasteiger partial charge in [0, 0.05) is 42.3 Å². The highest BCUT2D eigenvalue weighted by molar-refractivity contribution is 7.90. The minimum Gasteiger partial charge on any atom is -0.443 e. The number of rotatable bonds is 7. The van der Waals surface area contributed by atoms with Crippen LogP contribution in [0.1, 0.15) is 18.4 Å². The molecule has 1 fully saturated rings. The van der Waals surface area contributed by atoms with E-state index in [1.807, 2.05) is 12.1 Å². The molecule has 1 aliphatic carbocycles. The molecule has 0 bridgehead atoms. The van der Waals surface area contributed by atoms with Gasteiger partial charge in [-0.15, -0.1) is 0 Å². The van der Waals surface area contributed by atoms with E-state index < -0.39 is 19.9 Å². The number of pyridine rings is 2. The molecule has 35 heavy (non-hydrogen) atoms. The Morgan fingerprint density at radius 1 is 1.14 bits per heavy atom. The summed E-state index contributed by atoms with van der Waals surface area (Å²) in [5.74, 6) is 0.101. The van der Waals surface area contributed by atoms with Crippen LogP contribution in [0.4, 0.5) is 5.69 Å². The summed E-state index contributed by atoms with van der Waals surface area (Å²) in [6.45, 7) is 0. The van der Waals surface area contributed by atoms with Gasteiger partial charge in [-0.3, -0.25) is 0 Å². The Morgan fingerprint density at radius 3 is 2.66 bits per heavy atom. The lowest BCUT2D eigenvalue weighted by atomic mass is 9.87. The summed E-state index contributed by atoms with van der Waals surface area (Å²) in [6, 6.07) is 5.98. The molecule has 4 aromatic rings. The predicted molar refractivity (Wildman–Crippen MR) is 124 cm³/mol. The van der Waals surface area contributed by atoms with E-state index in [2.05, 4.69) is 30.0 Å². The van der Waals surface area contributed by atoms with Gasteiger partial charge in [-0.2, -0.15) is 10.2 Å². The molecule has 0 amide bonds. The van der Waals surface area contributed by atoms with Crippen LogP contribution in [0.25, 0.3) is 22.5 Å². The van der Waals surface area contributed by atoms with Crippen LogP contribution in [-0.2, 0) is 19.9 Å². The zero-order valence-electron chi connectivity index (χ0n) is 18.3. The second-order valence-electron chi connectivity index (χ2n) is 8.18. The molecular formula is C21H19N7O5S2. The fourth-order valence-corrected chi connectivity index (χ4v) is 5.53. The molecule has 0 spiro atoms. The third-order valence-electron chi connectivity index (χ3n) is 5.63.